The topological polar surface area (TPSA) is 129 Å². The van der Waals surface area contributed by atoms with E-state index in [2.05, 4.69) is 38.5 Å². The lowest BCUT2D eigenvalue weighted by molar-refractivity contribution is -0.122. The van der Waals surface area contributed by atoms with E-state index in [4.69, 9.17) is 9.47 Å². The van der Waals surface area contributed by atoms with Crippen molar-refractivity contribution in [3.05, 3.63) is 71.2 Å². The lowest BCUT2D eigenvalue weighted by Gasteiger charge is -2.26. The molecule has 2 aromatic heterocycles. The van der Waals surface area contributed by atoms with Crippen LogP contribution in [-0.4, -0.2) is 59.7 Å². The third-order valence-corrected chi connectivity index (χ3v) is 6.29. The predicted octanol–water partition coefficient (Wildman–Crippen LogP) is 1.46. The first kappa shape index (κ1) is 23.8. The highest BCUT2D eigenvalue weighted by atomic mass is 16.5. The van der Waals surface area contributed by atoms with Crippen molar-refractivity contribution in [2.24, 2.45) is 0 Å². The van der Waals surface area contributed by atoms with Gasteiger partial charge in [-0.2, -0.15) is 5.26 Å². The SMILES string of the molecule is COc1ccc2c(c1)C(=O)N(CC1(C#Cc3nc(-c4cncc(C#N)c4)ccc3OC)NCNC1=O)C2. The summed E-state index contributed by atoms with van der Waals surface area (Å²) in [6.45, 7) is 0.612. The van der Waals surface area contributed by atoms with Crippen molar-refractivity contribution in [2.75, 3.05) is 27.4 Å². The largest absolute Gasteiger partial charge is 0.497 e. The van der Waals surface area contributed by atoms with Gasteiger partial charge in [0.15, 0.2) is 17.0 Å². The standard InChI is InChI=1S/C27H22N6O4/c1-36-20-4-3-18-14-33(25(34)21(18)10-20)15-27(26(35)30-16-31-27)8-7-23-24(37-2)6-5-22(32-23)19-9-17(11-28)12-29-13-19/h3-6,9-10,12-13,31H,14-16H2,1-2H3,(H,30,35). The Hall–Kier alpha value is -4.93. The molecule has 2 amide bonds. The van der Waals surface area contributed by atoms with Crippen molar-refractivity contribution in [3.8, 4) is 40.7 Å². The van der Waals surface area contributed by atoms with E-state index in [-0.39, 0.29) is 25.0 Å². The number of carbonyl (C=O) groups is 2. The lowest BCUT2D eigenvalue weighted by atomic mass is 9.99. The van der Waals surface area contributed by atoms with Gasteiger partial charge in [0, 0.05) is 30.1 Å². The number of aromatic nitrogens is 2. The Bertz CT molecular complexity index is 1520. The number of nitriles is 1. The van der Waals surface area contributed by atoms with Crippen LogP contribution in [0, 0.1) is 23.2 Å². The van der Waals surface area contributed by atoms with Crippen molar-refractivity contribution in [1.29, 1.82) is 5.26 Å². The quantitative estimate of drug-likeness (QED) is 0.510. The van der Waals surface area contributed by atoms with Crippen LogP contribution in [-0.2, 0) is 11.3 Å². The van der Waals surface area contributed by atoms with Gasteiger partial charge >= 0.3 is 0 Å². The van der Waals surface area contributed by atoms with Gasteiger partial charge in [0.2, 0.25) is 0 Å². The molecule has 2 N–H and O–H groups in total. The van der Waals surface area contributed by atoms with Gasteiger partial charge in [-0.05, 0) is 41.8 Å². The number of hydrogen-bond donors (Lipinski definition) is 2. The number of nitrogens with zero attached hydrogens (tertiary/aromatic N) is 4. The summed E-state index contributed by atoms with van der Waals surface area (Å²) in [6.07, 6.45) is 3.07. The molecule has 5 rings (SSSR count). The van der Waals surface area contributed by atoms with Gasteiger partial charge in [-0.3, -0.25) is 19.9 Å². The number of nitrogens with one attached hydrogen (secondary N) is 2. The molecule has 0 bridgehead atoms. The molecule has 184 valence electrons. The summed E-state index contributed by atoms with van der Waals surface area (Å²) >= 11 is 0. The molecule has 1 saturated heterocycles. The molecule has 0 radical (unpaired) electrons. The molecule has 1 unspecified atom stereocenters. The second-order valence-electron chi connectivity index (χ2n) is 8.52. The summed E-state index contributed by atoms with van der Waals surface area (Å²) in [6, 6.07) is 12.6. The van der Waals surface area contributed by atoms with Crippen LogP contribution in [0.25, 0.3) is 11.3 Å². The summed E-state index contributed by atoms with van der Waals surface area (Å²) < 4.78 is 10.7. The van der Waals surface area contributed by atoms with Crippen LogP contribution in [0.4, 0.5) is 0 Å². The summed E-state index contributed by atoms with van der Waals surface area (Å²) in [5, 5.41) is 15.1. The molecule has 2 aliphatic rings. The number of methoxy groups -OCH3 is 2. The van der Waals surface area contributed by atoms with Gasteiger partial charge in [0.25, 0.3) is 11.8 Å². The molecule has 1 fully saturated rings. The van der Waals surface area contributed by atoms with Gasteiger partial charge in [-0.1, -0.05) is 12.0 Å². The molecule has 0 spiro atoms. The number of ether oxygens (including phenoxy) is 2. The van der Waals surface area contributed by atoms with E-state index < -0.39 is 5.54 Å². The van der Waals surface area contributed by atoms with E-state index >= 15 is 0 Å². The number of hydrogen-bond acceptors (Lipinski definition) is 8. The predicted molar refractivity (Wildman–Crippen MR) is 132 cm³/mol. The third kappa shape index (κ3) is 4.42. The zero-order valence-corrected chi connectivity index (χ0v) is 20.2. The van der Waals surface area contributed by atoms with E-state index in [9.17, 15) is 14.9 Å². The van der Waals surface area contributed by atoms with Gasteiger partial charge < -0.3 is 19.7 Å². The van der Waals surface area contributed by atoms with Crippen LogP contribution >= 0.6 is 0 Å². The van der Waals surface area contributed by atoms with Crippen molar-refractivity contribution in [2.45, 2.75) is 12.1 Å². The number of amides is 2. The van der Waals surface area contributed by atoms with Gasteiger partial charge in [0.1, 0.15) is 11.8 Å². The molecule has 0 saturated carbocycles. The van der Waals surface area contributed by atoms with Crippen LogP contribution in [0.15, 0.2) is 48.8 Å². The zero-order chi connectivity index (χ0) is 26.0. The van der Waals surface area contributed by atoms with Crippen molar-refractivity contribution in [3.63, 3.8) is 0 Å². The van der Waals surface area contributed by atoms with E-state index in [1.807, 2.05) is 6.07 Å². The van der Waals surface area contributed by atoms with Gasteiger partial charge in [0.05, 0.1) is 38.7 Å². The van der Waals surface area contributed by atoms with Gasteiger partial charge in [-0.15, -0.1) is 0 Å². The molecule has 10 nitrogen and oxygen atoms in total. The lowest BCUT2D eigenvalue weighted by Crippen LogP contribution is -2.54. The van der Waals surface area contributed by atoms with Crippen LogP contribution in [0.5, 0.6) is 11.5 Å². The van der Waals surface area contributed by atoms with Crippen LogP contribution in [0.1, 0.15) is 27.2 Å². The van der Waals surface area contributed by atoms with Crippen LogP contribution < -0.4 is 20.1 Å². The average Bonchev–Trinajstić information content (AvgIpc) is 3.45. The minimum Gasteiger partial charge on any atom is -0.497 e. The van der Waals surface area contributed by atoms with E-state index in [0.717, 1.165) is 5.56 Å². The summed E-state index contributed by atoms with van der Waals surface area (Å²) in [5.74, 6) is 6.51. The smallest absolute Gasteiger partial charge is 0.255 e. The first-order chi connectivity index (χ1) is 18.0. The fraction of sp³-hybridized carbons (Fsp3) is 0.222. The van der Waals surface area contributed by atoms with E-state index in [0.29, 0.717) is 46.1 Å². The first-order valence-corrected chi connectivity index (χ1v) is 11.4. The Morgan fingerprint density at radius 2 is 2.00 bits per heavy atom. The Labute approximate surface area is 213 Å². The summed E-state index contributed by atoms with van der Waals surface area (Å²) in [4.78, 5) is 36.4. The van der Waals surface area contributed by atoms with Crippen molar-refractivity contribution < 1.29 is 19.1 Å². The van der Waals surface area contributed by atoms with E-state index in [1.165, 1.54) is 13.3 Å². The number of carbonyl (C=O) groups excluding carboxylic acids is 2. The molecule has 37 heavy (non-hydrogen) atoms. The second-order valence-corrected chi connectivity index (χ2v) is 8.52. The maximum absolute atomic E-state index is 13.1. The Morgan fingerprint density at radius 1 is 1.14 bits per heavy atom. The highest BCUT2D eigenvalue weighted by Gasteiger charge is 2.45. The van der Waals surface area contributed by atoms with Gasteiger partial charge in [-0.25, -0.2) is 4.98 Å². The molecule has 1 aromatic carbocycles. The Morgan fingerprint density at radius 3 is 2.73 bits per heavy atom. The summed E-state index contributed by atoms with van der Waals surface area (Å²) in [5.41, 5.74) is 1.97. The van der Waals surface area contributed by atoms with Crippen molar-refractivity contribution in [1.82, 2.24) is 25.5 Å². The molecule has 2 aliphatic heterocycles. The first-order valence-electron chi connectivity index (χ1n) is 11.4. The summed E-state index contributed by atoms with van der Waals surface area (Å²) in [7, 11) is 3.05. The number of rotatable bonds is 5. The fourth-order valence-corrected chi connectivity index (χ4v) is 4.32. The normalized spacial score (nSPS) is 17.9. The maximum atomic E-state index is 13.1. The minimum absolute atomic E-state index is 0.0395. The molecule has 3 aromatic rings. The number of fused-ring (bicyclic) bond motifs is 1. The number of benzene rings is 1. The Kier molecular flexibility index (Phi) is 6.18. The molecule has 4 heterocycles. The monoisotopic (exact) mass is 494 g/mol. The second kappa shape index (κ2) is 9.61. The molecular formula is C27H22N6O4. The zero-order valence-electron chi connectivity index (χ0n) is 20.2. The molecule has 10 heteroatoms. The highest BCUT2D eigenvalue weighted by Crippen LogP contribution is 2.29. The fourth-order valence-electron chi connectivity index (χ4n) is 4.32. The maximum Gasteiger partial charge on any atom is 0.255 e. The van der Waals surface area contributed by atoms with Crippen molar-refractivity contribution >= 4 is 11.8 Å². The third-order valence-electron chi connectivity index (χ3n) is 6.29. The average molecular weight is 495 g/mol. The van der Waals surface area contributed by atoms with Crippen LogP contribution in [0.3, 0.4) is 0 Å². The Balaban J connectivity index is 1.48. The number of pyridine rings is 2. The molecule has 0 aliphatic carbocycles. The molecule has 1 atom stereocenters. The molecular weight excluding hydrogens is 472 g/mol. The van der Waals surface area contributed by atoms with Crippen LogP contribution in [0.2, 0.25) is 0 Å². The van der Waals surface area contributed by atoms with E-state index in [1.54, 1.807) is 48.5 Å². The highest BCUT2D eigenvalue weighted by molar-refractivity contribution is 6.00. The minimum atomic E-state index is -1.34.